The molecule has 0 aliphatic rings. The molecule has 0 unspecified atom stereocenters. The van der Waals surface area contributed by atoms with Crippen molar-refractivity contribution in [1.29, 1.82) is 5.39 Å². The average Bonchev–Trinajstić information content (AvgIpc) is 2.62. The number of halogens is 4. The van der Waals surface area contributed by atoms with E-state index in [9.17, 15) is 17.3 Å². The summed E-state index contributed by atoms with van der Waals surface area (Å²) in [5, 5.41) is 8.64. The molecule has 0 aromatic heterocycles. The molecule has 1 rings (SSSR count). The zero-order valence-corrected chi connectivity index (χ0v) is 16.5. The van der Waals surface area contributed by atoms with E-state index in [2.05, 4.69) is 24.0 Å². The summed E-state index contributed by atoms with van der Waals surface area (Å²) >= 11 is 0. The van der Waals surface area contributed by atoms with Gasteiger partial charge in [-0.25, -0.2) is 0 Å². The maximum atomic E-state index is 9.75. The van der Waals surface area contributed by atoms with Gasteiger partial charge in [0, 0.05) is 12.1 Å². The lowest BCUT2D eigenvalue weighted by atomic mass is 10.0. The predicted molar refractivity (Wildman–Crippen MR) is 106 cm³/mol. The summed E-state index contributed by atoms with van der Waals surface area (Å²) in [7, 11) is -6.00. The van der Waals surface area contributed by atoms with Crippen LogP contribution in [0.25, 0.3) is 4.98 Å². The lowest BCUT2D eigenvalue weighted by Crippen LogP contribution is -2.02. The van der Waals surface area contributed by atoms with Crippen LogP contribution in [0.1, 0.15) is 89.5 Å². The molecule has 0 fully saturated rings. The summed E-state index contributed by atoms with van der Waals surface area (Å²) < 4.78 is 39.0. The number of nitrogens with zero attached hydrogens (tertiary/aromatic N) is 2. The first-order valence-electron chi connectivity index (χ1n) is 10.2. The van der Waals surface area contributed by atoms with Crippen molar-refractivity contribution in [3.63, 3.8) is 0 Å². The molecule has 0 amide bonds. The van der Waals surface area contributed by atoms with Gasteiger partial charge in [0.15, 0.2) is 4.98 Å². The van der Waals surface area contributed by atoms with Gasteiger partial charge >= 0.3 is 12.9 Å². The highest BCUT2D eigenvalue weighted by Gasteiger charge is 2.20. The van der Waals surface area contributed by atoms with Gasteiger partial charge in [0.1, 0.15) is 0 Å². The van der Waals surface area contributed by atoms with E-state index in [1.165, 1.54) is 82.6 Å². The van der Waals surface area contributed by atoms with Gasteiger partial charge in [-0.1, -0.05) is 89.7 Å². The molecule has 7 heteroatoms. The van der Waals surface area contributed by atoms with E-state index in [1.807, 2.05) is 12.1 Å². The lowest BCUT2D eigenvalue weighted by Gasteiger charge is -2.03. The Morgan fingerprint density at radius 2 is 1.07 bits per heavy atom. The summed E-state index contributed by atoms with van der Waals surface area (Å²) in [6, 6.07) is 7.87. The van der Waals surface area contributed by atoms with Crippen LogP contribution in [0, 0.1) is 5.39 Å². The van der Waals surface area contributed by atoms with Crippen molar-refractivity contribution >= 4 is 12.9 Å². The Balaban J connectivity index is 0.00000119. The van der Waals surface area contributed by atoms with Crippen molar-refractivity contribution in [2.75, 3.05) is 0 Å². The SMILES string of the molecule is CCCCCCCCCCCCCCc1ccc([N+]#N)cc1.F[B-](F)(F)F. The van der Waals surface area contributed by atoms with E-state index in [4.69, 9.17) is 5.39 Å². The highest BCUT2D eigenvalue weighted by atomic mass is 19.5. The minimum atomic E-state index is -6.00. The summed E-state index contributed by atoms with van der Waals surface area (Å²) in [6.07, 6.45) is 17.9. The first kappa shape index (κ1) is 25.4. The molecule has 154 valence electrons. The monoisotopic (exact) mass is 388 g/mol. The smallest absolute Gasteiger partial charge is 0.418 e. The zero-order chi connectivity index (χ0) is 20.4. The minimum absolute atomic E-state index is 0.637. The molecular weight excluding hydrogens is 355 g/mol. The highest BCUT2D eigenvalue weighted by Crippen LogP contribution is 2.16. The first-order valence-corrected chi connectivity index (χ1v) is 10.2. The van der Waals surface area contributed by atoms with Crippen molar-refractivity contribution in [2.45, 2.75) is 90.4 Å². The summed E-state index contributed by atoms with van der Waals surface area (Å²) in [5.74, 6) is 0. The third-order valence-corrected chi connectivity index (χ3v) is 4.37. The molecular formula is C20H33BF4N2. The quantitative estimate of drug-likeness (QED) is 0.144. The Kier molecular flexibility index (Phi) is 15.6. The number of aryl methyl sites for hydroxylation is 1. The molecule has 1 aromatic rings. The molecule has 0 spiro atoms. The van der Waals surface area contributed by atoms with Gasteiger partial charge in [0.25, 0.3) is 0 Å². The molecule has 2 nitrogen and oxygen atoms in total. The van der Waals surface area contributed by atoms with Gasteiger partial charge in [-0.15, -0.1) is 0 Å². The average molecular weight is 388 g/mol. The number of rotatable bonds is 13. The van der Waals surface area contributed by atoms with Gasteiger partial charge in [-0.05, 0) is 18.4 Å². The molecule has 0 bridgehead atoms. The van der Waals surface area contributed by atoms with Crippen molar-refractivity contribution < 1.29 is 17.3 Å². The minimum Gasteiger partial charge on any atom is -0.418 e. The van der Waals surface area contributed by atoms with Crippen LogP contribution in [0.2, 0.25) is 0 Å². The molecule has 1 aromatic carbocycles. The van der Waals surface area contributed by atoms with Gasteiger partial charge in [-0.2, -0.15) is 0 Å². The molecule has 27 heavy (non-hydrogen) atoms. The summed E-state index contributed by atoms with van der Waals surface area (Å²) in [4.78, 5) is 3.18. The van der Waals surface area contributed by atoms with Gasteiger partial charge < -0.3 is 17.3 Å². The Labute approximate surface area is 161 Å². The van der Waals surface area contributed by atoms with Crippen LogP contribution >= 0.6 is 0 Å². The van der Waals surface area contributed by atoms with Crippen molar-refractivity contribution in [3.05, 3.63) is 34.8 Å². The van der Waals surface area contributed by atoms with E-state index in [0.29, 0.717) is 5.69 Å². The van der Waals surface area contributed by atoms with Crippen molar-refractivity contribution in [2.24, 2.45) is 0 Å². The third kappa shape index (κ3) is 20.6. The van der Waals surface area contributed by atoms with E-state index in [-0.39, 0.29) is 0 Å². The molecule has 0 atom stereocenters. The number of hydrogen-bond acceptors (Lipinski definition) is 1. The number of diazo groups is 1. The maximum Gasteiger partial charge on any atom is 0.673 e. The van der Waals surface area contributed by atoms with Crippen molar-refractivity contribution in [1.82, 2.24) is 0 Å². The Morgan fingerprint density at radius 1 is 0.704 bits per heavy atom. The van der Waals surface area contributed by atoms with Crippen LogP contribution in [-0.2, 0) is 6.42 Å². The Bertz CT molecular complexity index is 492. The second-order valence-corrected chi connectivity index (χ2v) is 6.90. The molecule has 0 saturated carbocycles. The van der Waals surface area contributed by atoms with E-state index < -0.39 is 7.25 Å². The fourth-order valence-corrected chi connectivity index (χ4v) is 2.90. The van der Waals surface area contributed by atoms with Gasteiger partial charge in [0.05, 0.1) is 0 Å². The Hall–Kier alpha value is -1.58. The molecule has 0 saturated heterocycles. The Morgan fingerprint density at radius 3 is 1.44 bits per heavy atom. The molecule has 0 aliphatic carbocycles. The van der Waals surface area contributed by atoms with Crippen LogP contribution in [0.15, 0.2) is 24.3 Å². The molecule has 0 heterocycles. The van der Waals surface area contributed by atoms with Crippen LogP contribution in [0.3, 0.4) is 0 Å². The summed E-state index contributed by atoms with van der Waals surface area (Å²) in [6.45, 7) is 2.28. The zero-order valence-electron chi connectivity index (χ0n) is 16.5. The second-order valence-electron chi connectivity index (χ2n) is 6.90. The van der Waals surface area contributed by atoms with Crippen LogP contribution < -0.4 is 0 Å². The van der Waals surface area contributed by atoms with Crippen molar-refractivity contribution in [3.8, 4) is 0 Å². The van der Waals surface area contributed by atoms with Gasteiger partial charge in [0.2, 0.25) is 5.39 Å². The van der Waals surface area contributed by atoms with E-state index >= 15 is 0 Å². The van der Waals surface area contributed by atoms with Crippen LogP contribution in [0.5, 0.6) is 0 Å². The van der Waals surface area contributed by atoms with E-state index in [0.717, 1.165) is 6.42 Å². The standard InChI is InChI=1S/C20H33N2.BF4/c1-2-3-4-5-6-7-8-9-10-11-12-13-14-19-15-17-20(22-21)18-16-19;2-1(3,4)5/h15-18H,2-14H2,1H3;/q+1;-1. The number of benzene rings is 1. The molecule has 0 aliphatic heterocycles. The van der Waals surface area contributed by atoms with Crippen LogP contribution in [0.4, 0.5) is 23.0 Å². The summed E-state index contributed by atoms with van der Waals surface area (Å²) in [5.41, 5.74) is 1.98. The maximum absolute atomic E-state index is 9.75. The normalized spacial score (nSPS) is 10.8. The van der Waals surface area contributed by atoms with E-state index in [1.54, 1.807) is 0 Å². The predicted octanol–water partition coefficient (Wildman–Crippen LogP) is 8.71. The fraction of sp³-hybridized carbons (Fsp3) is 0.700. The second kappa shape index (κ2) is 16.6. The lowest BCUT2D eigenvalue weighted by molar-refractivity contribution is 0.368. The highest BCUT2D eigenvalue weighted by molar-refractivity contribution is 6.50. The fourth-order valence-electron chi connectivity index (χ4n) is 2.90. The topological polar surface area (TPSA) is 28.1 Å². The van der Waals surface area contributed by atoms with Gasteiger partial charge in [-0.3, -0.25) is 0 Å². The largest absolute Gasteiger partial charge is 0.673 e. The number of unbranched alkanes of at least 4 members (excludes halogenated alkanes) is 11. The first-order chi connectivity index (χ1) is 12.9. The molecule has 0 N–H and O–H groups in total. The van der Waals surface area contributed by atoms with Crippen LogP contribution in [-0.4, -0.2) is 7.25 Å². The number of hydrogen-bond donors (Lipinski definition) is 0. The molecule has 0 radical (unpaired) electrons. The third-order valence-electron chi connectivity index (χ3n) is 4.37.